The van der Waals surface area contributed by atoms with E-state index in [-0.39, 0.29) is 12.6 Å². The average molecular weight is 161 g/mol. The predicted octanol–water partition coefficient (Wildman–Crippen LogP) is 1.65. The molecule has 3 heteroatoms. The molecule has 0 spiro atoms. The Balaban J connectivity index is 2.95. The summed E-state index contributed by atoms with van der Waals surface area (Å²) in [6.45, 7) is 2.26. The molecule has 0 radical (unpaired) electrons. The fraction of sp³-hybridized carbons (Fsp3) is 0.875. The normalized spacial score (nSPS) is 9.64. The number of amides is 1. The van der Waals surface area contributed by atoms with Crippen molar-refractivity contribution < 1.29 is 9.18 Å². The second kappa shape index (κ2) is 7.51. The number of halogens is 1. The van der Waals surface area contributed by atoms with Crippen LogP contribution in [-0.2, 0) is 4.79 Å². The van der Waals surface area contributed by atoms with E-state index in [2.05, 4.69) is 5.32 Å². The van der Waals surface area contributed by atoms with E-state index in [0.717, 1.165) is 12.8 Å². The van der Waals surface area contributed by atoms with Crippen LogP contribution in [0.4, 0.5) is 4.39 Å². The van der Waals surface area contributed by atoms with E-state index in [1.54, 1.807) is 0 Å². The van der Waals surface area contributed by atoms with Gasteiger partial charge in [-0.15, -0.1) is 0 Å². The Kier molecular flexibility index (Phi) is 7.10. The maximum absolute atomic E-state index is 11.6. The number of carbonyl (C=O) groups is 1. The molecule has 0 unspecified atom stereocenters. The van der Waals surface area contributed by atoms with Crippen LogP contribution in [0.3, 0.4) is 0 Å². The summed E-state index contributed by atoms with van der Waals surface area (Å²) in [5, 5.41) is 2.73. The lowest BCUT2D eigenvalue weighted by atomic mass is 10.2. The van der Waals surface area contributed by atoms with Crippen LogP contribution in [0.25, 0.3) is 0 Å². The summed E-state index contributed by atoms with van der Waals surface area (Å²) in [6.07, 6.45) is 2.89. The van der Waals surface area contributed by atoms with Crippen molar-refractivity contribution in [3.05, 3.63) is 0 Å². The van der Waals surface area contributed by atoms with Gasteiger partial charge in [-0.25, -0.2) is 0 Å². The maximum Gasteiger partial charge on any atom is 0.219 e. The van der Waals surface area contributed by atoms with Crippen LogP contribution in [0.5, 0.6) is 0 Å². The van der Waals surface area contributed by atoms with Crippen LogP contribution in [0.2, 0.25) is 0 Å². The average Bonchev–Trinajstić information content (AvgIpc) is 2.04. The number of hydrogen-bond donors (Lipinski definition) is 1. The number of hydrogen-bond acceptors (Lipinski definition) is 1. The van der Waals surface area contributed by atoms with Crippen molar-refractivity contribution in [1.29, 1.82) is 0 Å². The zero-order chi connectivity index (χ0) is 8.53. The number of alkyl halides is 1. The Labute approximate surface area is 67.2 Å². The van der Waals surface area contributed by atoms with E-state index >= 15 is 0 Å². The molecule has 0 aliphatic carbocycles. The highest BCUT2D eigenvalue weighted by Gasteiger charge is 1.94. The minimum atomic E-state index is -0.248. The largest absolute Gasteiger partial charge is 0.356 e. The SMILES string of the molecule is CCC(=O)NCCCCCF. The fourth-order valence-electron chi connectivity index (χ4n) is 0.749. The molecule has 0 atom stereocenters. The molecule has 0 aromatic rings. The Morgan fingerprint density at radius 3 is 2.64 bits per heavy atom. The molecule has 0 aromatic heterocycles. The van der Waals surface area contributed by atoms with Crippen LogP contribution in [0.1, 0.15) is 32.6 Å². The molecule has 0 heterocycles. The molecule has 66 valence electrons. The number of nitrogens with one attached hydrogen (secondary N) is 1. The lowest BCUT2D eigenvalue weighted by Gasteiger charge is -2.01. The minimum absolute atomic E-state index is 0.0743. The van der Waals surface area contributed by atoms with Gasteiger partial charge in [0.1, 0.15) is 0 Å². The molecule has 0 aromatic carbocycles. The Morgan fingerprint density at radius 2 is 2.09 bits per heavy atom. The molecular formula is C8H16FNO. The van der Waals surface area contributed by atoms with Crippen LogP contribution < -0.4 is 5.32 Å². The van der Waals surface area contributed by atoms with Crippen molar-refractivity contribution in [3.63, 3.8) is 0 Å². The van der Waals surface area contributed by atoms with Crippen LogP contribution >= 0.6 is 0 Å². The van der Waals surface area contributed by atoms with Gasteiger partial charge in [0.15, 0.2) is 0 Å². The van der Waals surface area contributed by atoms with Crippen molar-refractivity contribution in [1.82, 2.24) is 5.32 Å². The van der Waals surface area contributed by atoms with Crippen LogP contribution in [0.15, 0.2) is 0 Å². The van der Waals surface area contributed by atoms with Crippen molar-refractivity contribution in [3.8, 4) is 0 Å². The molecule has 0 rings (SSSR count). The number of carbonyl (C=O) groups excluding carboxylic acids is 1. The Morgan fingerprint density at radius 1 is 1.36 bits per heavy atom. The second-order valence-corrected chi connectivity index (χ2v) is 2.45. The van der Waals surface area contributed by atoms with Crippen molar-refractivity contribution >= 4 is 5.91 Å². The lowest BCUT2D eigenvalue weighted by Crippen LogP contribution is -2.23. The summed E-state index contributed by atoms with van der Waals surface area (Å²) < 4.78 is 11.6. The molecule has 0 saturated heterocycles. The molecule has 2 nitrogen and oxygen atoms in total. The molecule has 11 heavy (non-hydrogen) atoms. The molecular weight excluding hydrogens is 145 g/mol. The Hall–Kier alpha value is -0.600. The molecule has 0 saturated carbocycles. The highest BCUT2D eigenvalue weighted by Crippen LogP contribution is 1.93. The summed E-state index contributed by atoms with van der Waals surface area (Å²) in [7, 11) is 0. The number of rotatable bonds is 6. The van der Waals surface area contributed by atoms with Crippen LogP contribution in [-0.4, -0.2) is 19.1 Å². The van der Waals surface area contributed by atoms with Gasteiger partial charge in [-0.2, -0.15) is 0 Å². The quantitative estimate of drug-likeness (QED) is 0.590. The van der Waals surface area contributed by atoms with Gasteiger partial charge in [0.05, 0.1) is 6.67 Å². The van der Waals surface area contributed by atoms with Gasteiger partial charge >= 0.3 is 0 Å². The molecule has 0 bridgehead atoms. The van der Waals surface area contributed by atoms with Gasteiger partial charge in [-0.05, 0) is 19.3 Å². The lowest BCUT2D eigenvalue weighted by molar-refractivity contribution is -0.120. The van der Waals surface area contributed by atoms with Gasteiger partial charge in [-0.3, -0.25) is 9.18 Å². The maximum atomic E-state index is 11.6. The highest BCUT2D eigenvalue weighted by atomic mass is 19.1. The van der Waals surface area contributed by atoms with E-state index in [1.807, 2.05) is 6.92 Å². The smallest absolute Gasteiger partial charge is 0.219 e. The van der Waals surface area contributed by atoms with Gasteiger partial charge < -0.3 is 5.32 Å². The third kappa shape index (κ3) is 7.30. The van der Waals surface area contributed by atoms with Crippen molar-refractivity contribution in [2.75, 3.05) is 13.2 Å². The molecule has 1 N–H and O–H groups in total. The monoisotopic (exact) mass is 161 g/mol. The Bertz CT molecular complexity index is 106. The van der Waals surface area contributed by atoms with Gasteiger partial charge in [-0.1, -0.05) is 6.92 Å². The first-order valence-corrected chi connectivity index (χ1v) is 4.14. The van der Waals surface area contributed by atoms with E-state index < -0.39 is 0 Å². The topological polar surface area (TPSA) is 29.1 Å². The summed E-state index contributed by atoms with van der Waals surface area (Å²) >= 11 is 0. The number of unbranched alkanes of at least 4 members (excludes halogenated alkanes) is 2. The van der Waals surface area contributed by atoms with E-state index in [9.17, 15) is 9.18 Å². The second-order valence-electron chi connectivity index (χ2n) is 2.45. The standard InChI is InChI=1S/C8H16FNO/c1-2-8(11)10-7-5-3-4-6-9/h2-7H2,1H3,(H,10,11). The predicted molar refractivity (Wildman–Crippen MR) is 43.1 cm³/mol. The molecule has 0 aliphatic rings. The van der Waals surface area contributed by atoms with E-state index in [4.69, 9.17) is 0 Å². The third-order valence-electron chi connectivity index (χ3n) is 1.45. The highest BCUT2D eigenvalue weighted by molar-refractivity contribution is 5.75. The summed E-state index contributed by atoms with van der Waals surface area (Å²) in [5.41, 5.74) is 0. The first-order chi connectivity index (χ1) is 5.31. The summed E-state index contributed by atoms with van der Waals surface area (Å²) in [4.78, 5) is 10.7. The van der Waals surface area contributed by atoms with Crippen molar-refractivity contribution in [2.24, 2.45) is 0 Å². The zero-order valence-corrected chi connectivity index (χ0v) is 7.03. The summed E-state index contributed by atoms with van der Waals surface area (Å²) in [5.74, 6) is 0.0743. The van der Waals surface area contributed by atoms with Crippen molar-refractivity contribution in [2.45, 2.75) is 32.6 Å². The molecule has 0 fully saturated rings. The third-order valence-corrected chi connectivity index (χ3v) is 1.45. The minimum Gasteiger partial charge on any atom is -0.356 e. The van der Waals surface area contributed by atoms with Gasteiger partial charge in [0, 0.05) is 13.0 Å². The molecule has 1 amide bonds. The van der Waals surface area contributed by atoms with E-state index in [1.165, 1.54) is 0 Å². The van der Waals surface area contributed by atoms with Gasteiger partial charge in [0.25, 0.3) is 0 Å². The van der Waals surface area contributed by atoms with Crippen LogP contribution in [0, 0.1) is 0 Å². The zero-order valence-electron chi connectivity index (χ0n) is 7.03. The molecule has 0 aliphatic heterocycles. The summed E-state index contributed by atoms with van der Waals surface area (Å²) in [6, 6.07) is 0. The fourth-order valence-corrected chi connectivity index (χ4v) is 0.749. The van der Waals surface area contributed by atoms with E-state index in [0.29, 0.717) is 19.4 Å². The first-order valence-electron chi connectivity index (χ1n) is 4.14. The first kappa shape index (κ1) is 10.4. The van der Waals surface area contributed by atoms with Gasteiger partial charge in [0.2, 0.25) is 5.91 Å².